The van der Waals surface area contributed by atoms with Crippen molar-refractivity contribution in [3.63, 3.8) is 0 Å². The van der Waals surface area contributed by atoms with Gasteiger partial charge in [0.1, 0.15) is 0 Å². The van der Waals surface area contributed by atoms with E-state index in [0.717, 1.165) is 32.1 Å². The maximum atomic E-state index is 2.35. The largest absolute Gasteiger partial charge is 0.200 e. The van der Waals surface area contributed by atoms with E-state index in [0.29, 0.717) is 5.92 Å². The SMILES string of the molecule is C/C=C/CC/C=C/CC/C=C/CC(C)C(C)(C)[n+]1ccccc1. The third kappa shape index (κ3) is 7.45. The molecule has 0 aliphatic heterocycles. The lowest BCUT2D eigenvalue weighted by atomic mass is 9.86. The van der Waals surface area contributed by atoms with Gasteiger partial charge in [-0.2, -0.15) is 0 Å². The molecular weight excluding hydrogens is 278 g/mol. The Balaban J connectivity index is 2.28. The van der Waals surface area contributed by atoms with Gasteiger partial charge in [0.25, 0.3) is 0 Å². The first-order valence-electron chi connectivity index (χ1n) is 8.97. The molecule has 1 rings (SSSR count). The first-order valence-corrected chi connectivity index (χ1v) is 8.97. The van der Waals surface area contributed by atoms with Gasteiger partial charge in [-0.25, -0.2) is 4.57 Å². The molecule has 0 amide bonds. The van der Waals surface area contributed by atoms with Gasteiger partial charge in [0.05, 0.1) is 0 Å². The molecule has 0 N–H and O–H groups in total. The molecule has 126 valence electrons. The normalized spacial score (nSPS) is 14.3. The van der Waals surface area contributed by atoms with Crippen LogP contribution in [0.5, 0.6) is 0 Å². The molecular formula is C22H34N+. The van der Waals surface area contributed by atoms with Crippen molar-refractivity contribution >= 4 is 0 Å². The number of pyridine rings is 1. The second kappa shape index (κ2) is 11.0. The van der Waals surface area contributed by atoms with Gasteiger partial charge in [0, 0.05) is 31.9 Å². The summed E-state index contributed by atoms with van der Waals surface area (Å²) in [5.41, 5.74) is 0.137. The Kier molecular flexibility index (Phi) is 9.28. The predicted molar refractivity (Wildman–Crippen MR) is 101 cm³/mol. The highest BCUT2D eigenvalue weighted by atomic mass is 15.0. The zero-order valence-electron chi connectivity index (χ0n) is 15.4. The van der Waals surface area contributed by atoms with Crippen LogP contribution in [0.25, 0.3) is 0 Å². The second-order valence-corrected chi connectivity index (χ2v) is 6.74. The van der Waals surface area contributed by atoms with E-state index >= 15 is 0 Å². The lowest BCUT2D eigenvalue weighted by molar-refractivity contribution is -0.765. The van der Waals surface area contributed by atoms with Gasteiger partial charge in [-0.3, -0.25) is 0 Å². The summed E-state index contributed by atoms with van der Waals surface area (Å²) in [5.74, 6) is 0.600. The molecule has 0 saturated carbocycles. The minimum Gasteiger partial charge on any atom is -0.200 e. The molecule has 1 aromatic heterocycles. The summed E-state index contributed by atoms with van der Waals surface area (Å²) in [6.07, 6.45) is 23.7. The molecule has 1 nitrogen and oxygen atoms in total. The van der Waals surface area contributed by atoms with Crippen LogP contribution in [0.2, 0.25) is 0 Å². The minimum absolute atomic E-state index is 0.137. The maximum Gasteiger partial charge on any atom is 0.169 e. The van der Waals surface area contributed by atoms with Crippen LogP contribution < -0.4 is 4.57 Å². The van der Waals surface area contributed by atoms with Gasteiger partial charge in [-0.05, 0) is 39.0 Å². The average Bonchev–Trinajstić information content (AvgIpc) is 2.57. The van der Waals surface area contributed by atoms with Crippen molar-refractivity contribution in [3.8, 4) is 0 Å². The van der Waals surface area contributed by atoms with E-state index in [1.807, 2.05) is 0 Å². The Labute approximate surface area is 143 Å². The van der Waals surface area contributed by atoms with Crippen molar-refractivity contribution in [2.45, 2.75) is 65.3 Å². The first kappa shape index (κ1) is 19.4. The fourth-order valence-corrected chi connectivity index (χ4v) is 2.53. The second-order valence-electron chi connectivity index (χ2n) is 6.74. The molecule has 1 atom stereocenters. The van der Waals surface area contributed by atoms with Crippen molar-refractivity contribution in [3.05, 3.63) is 67.0 Å². The lowest BCUT2D eigenvalue weighted by Gasteiger charge is -2.25. The van der Waals surface area contributed by atoms with Crippen molar-refractivity contribution < 1.29 is 4.57 Å². The number of rotatable bonds is 10. The fraction of sp³-hybridized carbons (Fsp3) is 0.500. The summed E-state index contributed by atoms with van der Waals surface area (Å²) >= 11 is 0. The third-order valence-corrected chi connectivity index (χ3v) is 4.65. The Bertz CT molecular complexity index is 494. The summed E-state index contributed by atoms with van der Waals surface area (Å²) < 4.78 is 2.32. The monoisotopic (exact) mass is 312 g/mol. The number of aromatic nitrogens is 1. The molecule has 23 heavy (non-hydrogen) atoms. The van der Waals surface area contributed by atoms with Gasteiger partial charge in [-0.1, -0.05) is 49.4 Å². The molecule has 1 unspecified atom stereocenters. The topological polar surface area (TPSA) is 3.88 Å². The summed E-state index contributed by atoms with van der Waals surface area (Å²) in [7, 11) is 0. The highest BCUT2D eigenvalue weighted by Crippen LogP contribution is 2.22. The minimum atomic E-state index is 0.137. The van der Waals surface area contributed by atoms with Gasteiger partial charge in [0.2, 0.25) is 0 Å². The molecule has 1 aromatic rings. The van der Waals surface area contributed by atoms with Gasteiger partial charge >= 0.3 is 0 Å². The highest BCUT2D eigenvalue weighted by molar-refractivity contribution is 4.92. The quantitative estimate of drug-likeness (QED) is 0.284. The molecule has 0 aromatic carbocycles. The number of allylic oxidation sites excluding steroid dienone is 6. The van der Waals surface area contributed by atoms with Gasteiger partial charge < -0.3 is 0 Å². The lowest BCUT2D eigenvalue weighted by Crippen LogP contribution is -2.55. The van der Waals surface area contributed by atoms with Crippen LogP contribution in [0.3, 0.4) is 0 Å². The molecule has 0 spiro atoms. The first-order chi connectivity index (χ1) is 11.1. The zero-order valence-corrected chi connectivity index (χ0v) is 15.4. The molecule has 0 fully saturated rings. The fourth-order valence-electron chi connectivity index (χ4n) is 2.53. The Morgan fingerprint density at radius 3 is 1.91 bits per heavy atom. The highest BCUT2D eigenvalue weighted by Gasteiger charge is 2.33. The summed E-state index contributed by atoms with van der Waals surface area (Å²) in [5, 5.41) is 0. The molecule has 1 heteroatoms. The Hall–Kier alpha value is -1.63. The summed E-state index contributed by atoms with van der Waals surface area (Å²) in [6.45, 7) is 9.05. The van der Waals surface area contributed by atoms with Crippen molar-refractivity contribution in [1.82, 2.24) is 0 Å². The van der Waals surface area contributed by atoms with E-state index in [1.165, 1.54) is 0 Å². The van der Waals surface area contributed by atoms with E-state index in [9.17, 15) is 0 Å². The number of hydrogen-bond acceptors (Lipinski definition) is 0. The predicted octanol–water partition coefficient (Wildman–Crippen LogP) is 5.98. The summed E-state index contributed by atoms with van der Waals surface area (Å²) in [4.78, 5) is 0. The van der Waals surface area contributed by atoms with Crippen LogP contribution >= 0.6 is 0 Å². The number of nitrogens with zero attached hydrogens (tertiary/aromatic N) is 1. The number of hydrogen-bond donors (Lipinski definition) is 0. The molecule has 0 bridgehead atoms. The van der Waals surface area contributed by atoms with E-state index in [2.05, 4.69) is 99.3 Å². The van der Waals surface area contributed by atoms with E-state index in [1.54, 1.807) is 0 Å². The van der Waals surface area contributed by atoms with Crippen LogP contribution in [0, 0.1) is 5.92 Å². The molecule has 0 aliphatic carbocycles. The van der Waals surface area contributed by atoms with Crippen LogP contribution in [0.1, 0.15) is 59.8 Å². The maximum absolute atomic E-state index is 2.35. The summed E-state index contributed by atoms with van der Waals surface area (Å²) in [6, 6.07) is 6.28. The number of unbranched alkanes of at least 4 members (excludes halogenated alkanes) is 2. The molecule has 0 radical (unpaired) electrons. The van der Waals surface area contributed by atoms with Crippen LogP contribution in [0.15, 0.2) is 67.0 Å². The van der Waals surface area contributed by atoms with Crippen molar-refractivity contribution in [1.29, 1.82) is 0 Å². The third-order valence-electron chi connectivity index (χ3n) is 4.65. The van der Waals surface area contributed by atoms with Crippen LogP contribution in [0.4, 0.5) is 0 Å². The average molecular weight is 313 g/mol. The van der Waals surface area contributed by atoms with Crippen LogP contribution in [-0.4, -0.2) is 0 Å². The zero-order chi connectivity index (χ0) is 17.0. The van der Waals surface area contributed by atoms with Crippen molar-refractivity contribution in [2.24, 2.45) is 5.92 Å². The van der Waals surface area contributed by atoms with Crippen molar-refractivity contribution in [2.75, 3.05) is 0 Å². The van der Waals surface area contributed by atoms with E-state index in [4.69, 9.17) is 0 Å². The van der Waals surface area contributed by atoms with E-state index in [-0.39, 0.29) is 5.54 Å². The molecule has 1 heterocycles. The molecule has 0 saturated heterocycles. The Morgan fingerprint density at radius 1 is 0.826 bits per heavy atom. The van der Waals surface area contributed by atoms with Gasteiger partial charge in [0.15, 0.2) is 17.9 Å². The van der Waals surface area contributed by atoms with Gasteiger partial charge in [-0.15, -0.1) is 0 Å². The molecule has 0 aliphatic rings. The Morgan fingerprint density at radius 2 is 1.35 bits per heavy atom. The smallest absolute Gasteiger partial charge is 0.169 e. The van der Waals surface area contributed by atoms with Crippen LogP contribution in [-0.2, 0) is 5.54 Å². The van der Waals surface area contributed by atoms with E-state index < -0.39 is 0 Å². The standard InChI is InChI=1S/C22H34N/c1-5-6-7-8-9-10-11-12-13-15-18-21(2)22(3,4)23-19-16-14-17-20-23/h5-6,9-10,13-17,19-21H,7-8,11-12,18H2,1-4H3/q+1/b6-5+,10-9+,15-13+.